The number of hydrogen-bond acceptors (Lipinski definition) is 2. The first-order chi connectivity index (χ1) is 5.10. The Morgan fingerprint density at radius 2 is 1.62 bits per heavy atom. The van der Waals surface area contributed by atoms with Gasteiger partial charge in [-0.1, -0.05) is 0 Å². The Balaban J connectivity index is 0.000000720. The molecule has 0 aliphatic heterocycles. The Kier molecular flexibility index (Phi) is 4.08. The zero-order valence-electron chi connectivity index (χ0n) is 8.59. The maximum absolute atomic E-state index is 3.42. The molecule has 0 aromatic heterocycles. The van der Waals surface area contributed by atoms with Crippen molar-refractivity contribution in [3.8, 4) is 0 Å². The van der Waals surface area contributed by atoms with E-state index in [1.54, 1.807) is 0 Å². The minimum absolute atomic E-state index is 0. The van der Waals surface area contributed by atoms with Gasteiger partial charge in [0.05, 0.1) is 0 Å². The van der Waals surface area contributed by atoms with E-state index in [1.807, 2.05) is 0 Å². The predicted octanol–water partition coefficient (Wildman–Crippen LogP) is 1.53. The topological polar surface area (TPSA) is 15.3 Å². The second-order valence-electron chi connectivity index (χ2n) is 4.80. The van der Waals surface area contributed by atoms with Crippen LogP contribution in [0.2, 0.25) is 0 Å². The van der Waals surface area contributed by atoms with Crippen molar-refractivity contribution in [1.29, 1.82) is 0 Å². The molecule has 1 N–H and O–H groups in total. The van der Waals surface area contributed by atoms with E-state index in [0.717, 1.165) is 0 Å². The molecule has 13 heavy (non-hydrogen) atoms. The molecule has 0 atom stereocenters. The number of hydrogen-bond donors (Lipinski definition) is 1. The van der Waals surface area contributed by atoms with E-state index in [-0.39, 0.29) is 24.8 Å². The van der Waals surface area contributed by atoms with Crippen LogP contribution in [-0.4, -0.2) is 38.1 Å². The summed E-state index contributed by atoms with van der Waals surface area (Å²) in [5.74, 6) is 0. The van der Waals surface area contributed by atoms with Crippen LogP contribution in [0.5, 0.6) is 0 Å². The molecular formula is C9H20Cl2N2. The highest BCUT2D eigenvalue weighted by molar-refractivity contribution is 5.85. The molecule has 0 saturated heterocycles. The molecule has 0 radical (unpaired) electrons. The summed E-state index contributed by atoms with van der Waals surface area (Å²) in [4.78, 5) is 2.32. The van der Waals surface area contributed by atoms with Gasteiger partial charge in [-0.25, -0.2) is 0 Å². The Hall–Kier alpha value is 0.500. The van der Waals surface area contributed by atoms with Crippen molar-refractivity contribution in [2.24, 2.45) is 5.41 Å². The van der Waals surface area contributed by atoms with Crippen LogP contribution in [0.4, 0.5) is 0 Å². The van der Waals surface area contributed by atoms with Gasteiger partial charge in [-0.05, 0) is 45.8 Å². The normalized spacial score (nSPS) is 39.7. The molecule has 0 aromatic carbocycles. The lowest BCUT2D eigenvalue weighted by Crippen LogP contribution is -2.75. The summed E-state index contributed by atoms with van der Waals surface area (Å²) in [6.45, 7) is 1.29. The van der Waals surface area contributed by atoms with Gasteiger partial charge in [0.15, 0.2) is 0 Å². The van der Waals surface area contributed by atoms with Gasteiger partial charge in [0.25, 0.3) is 0 Å². The lowest BCUT2D eigenvalue weighted by molar-refractivity contribution is -0.159. The van der Waals surface area contributed by atoms with Crippen LogP contribution < -0.4 is 5.32 Å². The fourth-order valence-electron chi connectivity index (χ4n) is 3.10. The molecular weight excluding hydrogens is 207 g/mol. The van der Waals surface area contributed by atoms with Crippen molar-refractivity contribution in [3.63, 3.8) is 0 Å². The molecule has 3 aliphatic carbocycles. The van der Waals surface area contributed by atoms with Crippen molar-refractivity contribution < 1.29 is 0 Å². The van der Waals surface area contributed by atoms with Gasteiger partial charge in [-0.2, -0.15) is 0 Å². The first kappa shape index (κ1) is 13.5. The van der Waals surface area contributed by atoms with E-state index in [9.17, 15) is 0 Å². The van der Waals surface area contributed by atoms with Gasteiger partial charge < -0.3 is 10.2 Å². The van der Waals surface area contributed by atoms with Crippen molar-refractivity contribution in [3.05, 3.63) is 0 Å². The van der Waals surface area contributed by atoms with Gasteiger partial charge in [0, 0.05) is 12.1 Å². The van der Waals surface area contributed by atoms with E-state index in [4.69, 9.17) is 0 Å². The zero-order chi connectivity index (χ0) is 8.11. The lowest BCUT2D eigenvalue weighted by atomic mass is 9.39. The fourth-order valence-corrected chi connectivity index (χ4v) is 3.10. The third-order valence-corrected chi connectivity index (χ3v) is 3.32. The van der Waals surface area contributed by atoms with Gasteiger partial charge in [0.2, 0.25) is 0 Å². The van der Waals surface area contributed by atoms with E-state index in [1.165, 1.54) is 25.8 Å². The second-order valence-corrected chi connectivity index (χ2v) is 4.80. The summed E-state index contributed by atoms with van der Waals surface area (Å²) in [6.07, 6.45) is 4.23. The summed E-state index contributed by atoms with van der Waals surface area (Å²) < 4.78 is 0. The summed E-state index contributed by atoms with van der Waals surface area (Å²) in [5, 5.41) is 3.42. The molecule has 2 bridgehead atoms. The van der Waals surface area contributed by atoms with Gasteiger partial charge in [-0.3, -0.25) is 0 Å². The molecule has 2 nitrogen and oxygen atoms in total. The molecule has 3 fully saturated rings. The standard InChI is InChI=1S/C9H18N2.2ClH/c1-10-9-4-8(5-9,6-9)7-11(2)3;;/h10H,4-7H2,1-3H3;2*1H. The lowest BCUT2D eigenvalue weighted by Gasteiger charge is -2.71. The third kappa shape index (κ3) is 1.96. The molecule has 3 aliphatic rings. The molecule has 0 amide bonds. The number of nitrogens with zero attached hydrogens (tertiary/aromatic N) is 1. The van der Waals surface area contributed by atoms with E-state index in [2.05, 4.69) is 31.4 Å². The van der Waals surface area contributed by atoms with Crippen molar-refractivity contribution >= 4 is 24.8 Å². The van der Waals surface area contributed by atoms with Crippen LogP contribution in [0, 0.1) is 5.41 Å². The average molecular weight is 227 g/mol. The van der Waals surface area contributed by atoms with Crippen molar-refractivity contribution in [1.82, 2.24) is 10.2 Å². The van der Waals surface area contributed by atoms with Gasteiger partial charge in [0.1, 0.15) is 0 Å². The minimum atomic E-state index is 0. The van der Waals surface area contributed by atoms with Crippen LogP contribution in [0.1, 0.15) is 19.3 Å². The highest BCUT2D eigenvalue weighted by Gasteiger charge is 2.66. The van der Waals surface area contributed by atoms with Crippen molar-refractivity contribution in [2.45, 2.75) is 24.8 Å². The van der Waals surface area contributed by atoms with Crippen molar-refractivity contribution in [2.75, 3.05) is 27.7 Å². The second kappa shape index (κ2) is 3.93. The highest BCUT2D eigenvalue weighted by Crippen LogP contribution is 2.66. The van der Waals surface area contributed by atoms with Gasteiger partial charge in [-0.15, -0.1) is 24.8 Å². The quantitative estimate of drug-likeness (QED) is 0.786. The van der Waals surface area contributed by atoms with Crippen LogP contribution in [0.25, 0.3) is 0 Å². The maximum atomic E-state index is 3.42. The SMILES string of the molecule is CNC12CC(CN(C)C)(C1)C2.Cl.Cl. The molecule has 0 aromatic rings. The number of halogens is 2. The molecule has 0 unspecified atom stereocenters. The molecule has 4 heteroatoms. The summed E-state index contributed by atoms with van der Waals surface area (Å²) in [5.41, 5.74) is 1.29. The zero-order valence-corrected chi connectivity index (χ0v) is 10.2. The number of nitrogens with one attached hydrogen (secondary N) is 1. The Bertz CT molecular complexity index is 163. The molecule has 0 heterocycles. The van der Waals surface area contributed by atoms with E-state index in [0.29, 0.717) is 11.0 Å². The minimum Gasteiger partial charge on any atom is -0.314 e. The highest BCUT2D eigenvalue weighted by atomic mass is 35.5. The first-order valence-corrected chi connectivity index (χ1v) is 4.44. The van der Waals surface area contributed by atoms with Gasteiger partial charge >= 0.3 is 0 Å². The Morgan fingerprint density at radius 3 is 1.92 bits per heavy atom. The first-order valence-electron chi connectivity index (χ1n) is 4.44. The Morgan fingerprint density at radius 1 is 1.15 bits per heavy atom. The third-order valence-electron chi connectivity index (χ3n) is 3.32. The molecule has 0 spiro atoms. The maximum Gasteiger partial charge on any atom is 0.0195 e. The van der Waals surface area contributed by atoms with Crippen LogP contribution >= 0.6 is 24.8 Å². The monoisotopic (exact) mass is 226 g/mol. The fraction of sp³-hybridized carbons (Fsp3) is 1.00. The average Bonchev–Trinajstić information content (AvgIpc) is 1.74. The van der Waals surface area contributed by atoms with Crippen LogP contribution in [0.3, 0.4) is 0 Å². The van der Waals surface area contributed by atoms with E-state index < -0.39 is 0 Å². The van der Waals surface area contributed by atoms with Crippen LogP contribution in [-0.2, 0) is 0 Å². The molecule has 3 saturated carbocycles. The van der Waals surface area contributed by atoms with E-state index >= 15 is 0 Å². The summed E-state index contributed by atoms with van der Waals surface area (Å²) in [6, 6.07) is 0. The Labute approximate surface area is 93.3 Å². The smallest absolute Gasteiger partial charge is 0.0195 e. The van der Waals surface area contributed by atoms with Crippen LogP contribution in [0.15, 0.2) is 0 Å². The number of rotatable bonds is 3. The predicted molar refractivity (Wildman–Crippen MR) is 61.1 cm³/mol. The summed E-state index contributed by atoms with van der Waals surface area (Å²) in [7, 11) is 6.44. The summed E-state index contributed by atoms with van der Waals surface area (Å²) >= 11 is 0. The molecule has 80 valence electrons. The molecule has 3 rings (SSSR count). The largest absolute Gasteiger partial charge is 0.314 e.